The average molecular weight is 203 g/mol. The minimum atomic E-state index is 0.255. The Hall–Kier alpha value is -1.08. The van der Waals surface area contributed by atoms with Crippen molar-refractivity contribution in [3.05, 3.63) is 47.5 Å². The summed E-state index contributed by atoms with van der Waals surface area (Å²) in [7, 11) is 0. The van der Waals surface area contributed by atoms with E-state index in [1.807, 2.05) is 6.08 Å². The SMILES string of the molecule is C=CCCC(N)Cc1ccc(C)c(C)c1. The van der Waals surface area contributed by atoms with Crippen LogP contribution >= 0.6 is 0 Å². The van der Waals surface area contributed by atoms with E-state index in [1.54, 1.807) is 0 Å². The second-order valence-electron chi connectivity index (χ2n) is 4.25. The van der Waals surface area contributed by atoms with Gasteiger partial charge in [-0.25, -0.2) is 0 Å². The highest BCUT2D eigenvalue weighted by molar-refractivity contribution is 5.30. The van der Waals surface area contributed by atoms with Crippen LogP contribution in [0, 0.1) is 13.8 Å². The highest BCUT2D eigenvalue weighted by Gasteiger charge is 2.03. The van der Waals surface area contributed by atoms with Crippen molar-refractivity contribution < 1.29 is 0 Å². The van der Waals surface area contributed by atoms with Crippen molar-refractivity contribution in [2.75, 3.05) is 0 Å². The van der Waals surface area contributed by atoms with Gasteiger partial charge >= 0.3 is 0 Å². The number of hydrogen-bond acceptors (Lipinski definition) is 1. The Kier molecular flexibility index (Phi) is 4.57. The smallest absolute Gasteiger partial charge is 0.00822 e. The van der Waals surface area contributed by atoms with Gasteiger partial charge < -0.3 is 5.73 Å². The van der Waals surface area contributed by atoms with Crippen LogP contribution in [-0.4, -0.2) is 6.04 Å². The molecule has 0 radical (unpaired) electrons. The maximum absolute atomic E-state index is 6.03. The lowest BCUT2D eigenvalue weighted by molar-refractivity contribution is 0.618. The Labute approximate surface area is 93.0 Å². The molecule has 2 N–H and O–H groups in total. The predicted octanol–water partition coefficient (Wildman–Crippen LogP) is 3.14. The van der Waals surface area contributed by atoms with Gasteiger partial charge in [0, 0.05) is 6.04 Å². The molecular formula is C14H21N. The first kappa shape index (κ1) is 12.0. The molecule has 1 unspecified atom stereocenters. The van der Waals surface area contributed by atoms with Gasteiger partial charge in [-0.15, -0.1) is 6.58 Å². The third-order valence-corrected chi connectivity index (χ3v) is 2.81. The molecule has 15 heavy (non-hydrogen) atoms. The van der Waals surface area contributed by atoms with Crippen LogP contribution in [0.15, 0.2) is 30.9 Å². The van der Waals surface area contributed by atoms with Gasteiger partial charge in [0.1, 0.15) is 0 Å². The Morgan fingerprint density at radius 2 is 2.07 bits per heavy atom. The second kappa shape index (κ2) is 5.72. The molecule has 0 spiro atoms. The summed E-state index contributed by atoms with van der Waals surface area (Å²) in [5, 5.41) is 0. The lowest BCUT2D eigenvalue weighted by Gasteiger charge is -2.11. The van der Waals surface area contributed by atoms with Crippen LogP contribution in [0.1, 0.15) is 29.5 Å². The first-order chi connectivity index (χ1) is 7.13. The molecule has 1 atom stereocenters. The Balaban J connectivity index is 2.56. The normalized spacial score (nSPS) is 12.5. The van der Waals surface area contributed by atoms with E-state index in [9.17, 15) is 0 Å². The van der Waals surface area contributed by atoms with E-state index in [1.165, 1.54) is 16.7 Å². The topological polar surface area (TPSA) is 26.0 Å². The lowest BCUT2D eigenvalue weighted by atomic mass is 9.99. The summed E-state index contributed by atoms with van der Waals surface area (Å²) in [5.41, 5.74) is 10.1. The van der Waals surface area contributed by atoms with E-state index in [-0.39, 0.29) is 6.04 Å². The number of rotatable bonds is 5. The van der Waals surface area contributed by atoms with Crippen molar-refractivity contribution >= 4 is 0 Å². The van der Waals surface area contributed by atoms with Gasteiger partial charge in [0.2, 0.25) is 0 Å². The predicted molar refractivity (Wildman–Crippen MR) is 67.0 cm³/mol. The summed E-state index contributed by atoms with van der Waals surface area (Å²) in [6.07, 6.45) is 4.93. The van der Waals surface area contributed by atoms with Gasteiger partial charge in [-0.2, -0.15) is 0 Å². The quantitative estimate of drug-likeness (QED) is 0.731. The van der Waals surface area contributed by atoms with E-state index >= 15 is 0 Å². The van der Waals surface area contributed by atoms with E-state index in [4.69, 9.17) is 5.73 Å². The Morgan fingerprint density at radius 1 is 1.33 bits per heavy atom. The Bertz CT molecular complexity index is 328. The highest BCUT2D eigenvalue weighted by atomic mass is 14.6. The van der Waals surface area contributed by atoms with Gasteiger partial charge in [0.25, 0.3) is 0 Å². The summed E-state index contributed by atoms with van der Waals surface area (Å²) >= 11 is 0. The van der Waals surface area contributed by atoms with E-state index in [0.717, 1.165) is 19.3 Å². The molecule has 1 rings (SSSR count). The first-order valence-corrected chi connectivity index (χ1v) is 5.56. The van der Waals surface area contributed by atoms with Gasteiger partial charge in [0.05, 0.1) is 0 Å². The van der Waals surface area contributed by atoms with Crippen molar-refractivity contribution in [1.29, 1.82) is 0 Å². The Morgan fingerprint density at radius 3 is 2.67 bits per heavy atom. The molecule has 82 valence electrons. The van der Waals surface area contributed by atoms with Crippen molar-refractivity contribution in [1.82, 2.24) is 0 Å². The minimum Gasteiger partial charge on any atom is -0.327 e. The maximum atomic E-state index is 6.03. The molecular weight excluding hydrogens is 182 g/mol. The van der Waals surface area contributed by atoms with Crippen LogP contribution in [0.4, 0.5) is 0 Å². The van der Waals surface area contributed by atoms with E-state index in [0.29, 0.717) is 0 Å². The van der Waals surface area contributed by atoms with Crippen molar-refractivity contribution in [3.63, 3.8) is 0 Å². The summed E-state index contributed by atoms with van der Waals surface area (Å²) in [5.74, 6) is 0. The van der Waals surface area contributed by atoms with Gasteiger partial charge in [-0.1, -0.05) is 24.3 Å². The van der Waals surface area contributed by atoms with E-state index < -0.39 is 0 Å². The van der Waals surface area contributed by atoms with Crippen molar-refractivity contribution in [2.45, 2.75) is 39.2 Å². The first-order valence-electron chi connectivity index (χ1n) is 5.56. The standard InChI is InChI=1S/C14H21N/c1-4-5-6-14(15)10-13-8-7-11(2)12(3)9-13/h4,7-9,14H,1,5-6,10,15H2,2-3H3. The average Bonchev–Trinajstić information content (AvgIpc) is 2.20. The van der Waals surface area contributed by atoms with Crippen LogP contribution in [0.25, 0.3) is 0 Å². The minimum absolute atomic E-state index is 0.255. The molecule has 0 saturated heterocycles. The summed E-state index contributed by atoms with van der Waals surface area (Å²) in [6, 6.07) is 6.84. The number of hydrogen-bond donors (Lipinski definition) is 1. The molecule has 0 aliphatic carbocycles. The number of allylic oxidation sites excluding steroid dienone is 1. The maximum Gasteiger partial charge on any atom is 0.00822 e. The fraction of sp³-hybridized carbons (Fsp3) is 0.429. The fourth-order valence-electron chi connectivity index (χ4n) is 1.67. The van der Waals surface area contributed by atoms with Crippen LogP contribution in [0.3, 0.4) is 0 Å². The monoisotopic (exact) mass is 203 g/mol. The van der Waals surface area contributed by atoms with Gasteiger partial charge in [-0.05, 0) is 49.8 Å². The summed E-state index contributed by atoms with van der Waals surface area (Å²) < 4.78 is 0. The molecule has 0 saturated carbocycles. The molecule has 1 nitrogen and oxygen atoms in total. The fourth-order valence-corrected chi connectivity index (χ4v) is 1.67. The number of benzene rings is 1. The van der Waals surface area contributed by atoms with Crippen LogP contribution < -0.4 is 5.73 Å². The number of nitrogens with two attached hydrogens (primary N) is 1. The van der Waals surface area contributed by atoms with Gasteiger partial charge in [-0.3, -0.25) is 0 Å². The highest BCUT2D eigenvalue weighted by Crippen LogP contribution is 2.12. The number of aryl methyl sites for hydroxylation is 2. The molecule has 0 heterocycles. The van der Waals surface area contributed by atoms with E-state index in [2.05, 4.69) is 38.6 Å². The molecule has 0 fully saturated rings. The van der Waals surface area contributed by atoms with Crippen LogP contribution in [0.5, 0.6) is 0 Å². The molecule has 1 heteroatoms. The largest absolute Gasteiger partial charge is 0.327 e. The zero-order valence-electron chi connectivity index (χ0n) is 9.79. The van der Waals surface area contributed by atoms with Crippen molar-refractivity contribution in [2.24, 2.45) is 5.73 Å². The molecule has 0 aromatic heterocycles. The van der Waals surface area contributed by atoms with Crippen LogP contribution in [-0.2, 0) is 6.42 Å². The van der Waals surface area contributed by atoms with Crippen LogP contribution in [0.2, 0.25) is 0 Å². The van der Waals surface area contributed by atoms with Crippen molar-refractivity contribution in [3.8, 4) is 0 Å². The lowest BCUT2D eigenvalue weighted by Crippen LogP contribution is -2.22. The summed E-state index contributed by atoms with van der Waals surface area (Å²) in [4.78, 5) is 0. The molecule has 1 aromatic rings. The zero-order valence-corrected chi connectivity index (χ0v) is 9.79. The van der Waals surface area contributed by atoms with Gasteiger partial charge in [0.15, 0.2) is 0 Å². The zero-order chi connectivity index (χ0) is 11.3. The molecule has 0 amide bonds. The molecule has 1 aromatic carbocycles. The second-order valence-corrected chi connectivity index (χ2v) is 4.25. The molecule has 0 aliphatic rings. The summed E-state index contributed by atoms with van der Waals surface area (Å²) in [6.45, 7) is 7.99. The third-order valence-electron chi connectivity index (χ3n) is 2.81. The third kappa shape index (κ3) is 3.88. The molecule has 0 aliphatic heterocycles. The molecule has 0 bridgehead atoms.